The Morgan fingerprint density at radius 1 is 1.20 bits per heavy atom. The number of rotatable bonds is 1. The summed E-state index contributed by atoms with van der Waals surface area (Å²) in [7, 11) is 0. The molecule has 0 aromatic carbocycles. The van der Waals surface area contributed by atoms with Crippen molar-refractivity contribution in [3.63, 3.8) is 0 Å². The third-order valence-corrected chi connectivity index (χ3v) is 8.47. The molecule has 4 aliphatic carbocycles. The van der Waals surface area contributed by atoms with Crippen molar-refractivity contribution < 1.29 is 19.8 Å². The van der Waals surface area contributed by atoms with Crippen LogP contribution in [0.5, 0.6) is 0 Å². The van der Waals surface area contributed by atoms with Crippen molar-refractivity contribution in [3.8, 4) is 0 Å². The van der Waals surface area contributed by atoms with Crippen molar-refractivity contribution in [1.82, 2.24) is 0 Å². The van der Waals surface area contributed by atoms with Crippen molar-refractivity contribution in [2.45, 2.75) is 71.5 Å². The molecule has 0 aromatic rings. The molecule has 4 nitrogen and oxygen atoms in total. The first-order chi connectivity index (χ1) is 11.7. The summed E-state index contributed by atoms with van der Waals surface area (Å²) < 4.78 is 0. The Labute approximate surface area is 149 Å². The van der Waals surface area contributed by atoms with Gasteiger partial charge in [0.1, 0.15) is 6.10 Å². The molecule has 4 aliphatic rings. The van der Waals surface area contributed by atoms with E-state index in [2.05, 4.69) is 13.8 Å². The minimum absolute atomic E-state index is 0.0202. The quantitative estimate of drug-likeness (QED) is 0.765. The zero-order chi connectivity index (χ0) is 18.1. The SMILES string of the molecule is CCC1C(=O)C(O)[C@H]2[C@@H]3C(O)CC4=CC(=O)CC[C@]4(C)[C@H]3CC[C@]12C. The van der Waals surface area contributed by atoms with Crippen LogP contribution in [0, 0.1) is 34.5 Å². The molecule has 0 aliphatic heterocycles. The zero-order valence-electron chi connectivity index (χ0n) is 15.5. The van der Waals surface area contributed by atoms with E-state index < -0.39 is 12.2 Å². The van der Waals surface area contributed by atoms with Gasteiger partial charge in [0.2, 0.25) is 0 Å². The van der Waals surface area contributed by atoms with Crippen LogP contribution in [0.4, 0.5) is 0 Å². The molecule has 0 amide bonds. The molecule has 0 aromatic heterocycles. The van der Waals surface area contributed by atoms with Crippen LogP contribution >= 0.6 is 0 Å². The molecule has 0 spiro atoms. The topological polar surface area (TPSA) is 74.6 Å². The third kappa shape index (κ3) is 2.13. The first-order valence-electron chi connectivity index (χ1n) is 9.87. The summed E-state index contributed by atoms with van der Waals surface area (Å²) in [6.07, 6.45) is 4.80. The highest BCUT2D eigenvalue weighted by Crippen LogP contribution is 2.66. The fraction of sp³-hybridized carbons (Fsp3) is 0.810. The van der Waals surface area contributed by atoms with Crippen molar-refractivity contribution >= 4 is 11.6 Å². The van der Waals surface area contributed by atoms with Crippen molar-refractivity contribution in [2.75, 3.05) is 0 Å². The number of Topliss-reactive ketones (excluding diaryl/α,β-unsaturated/α-hetero) is 1. The van der Waals surface area contributed by atoms with Gasteiger partial charge >= 0.3 is 0 Å². The molecule has 0 heterocycles. The van der Waals surface area contributed by atoms with Gasteiger partial charge < -0.3 is 10.2 Å². The van der Waals surface area contributed by atoms with Crippen LogP contribution in [-0.4, -0.2) is 34.0 Å². The Morgan fingerprint density at radius 3 is 2.60 bits per heavy atom. The second-order valence-electron chi connectivity index (χ2n) is 9.39. The van der Waals surface area contributed by atoms with Gasteiger partial charge in [0.25, 0.3) is 0 Å². The summed E-state index contributed by atoms with van der Waals surface area (Å²) in [5.74, 6) is 0.0819. The number of ketones is 2. The Balaban J connectivity index is 1.78. The molecular formula is C21H30O4. The van der Waals surface area contributed by atoms with E-state index in [1.54, 1.807) is 6.08 Å². The highest BCUT2D eigenvalue weighted by Gasteiger charge is 2.66. The normalized spacial score (nSPS) is 52.3. The summed E-state index contributed by atoms with van der Waals surface area (Å²) in [6.45, 7) is 6.42. The molecule has 25 heavy (non-hydrogen) atoms. The number of aliphatic hydroxyl groups excluding tert-OH is 2. The molecule has 3 unspecified atom stereocenters. The van der Waals surface area contributed by atoms with E-state index in [1.165, 1.54) is 0 Å². The number of carbonyl (C=O) groups is 2. The molecule has 3 saturated carbocycles. The smallest absolute Gasteiger partial charge is 0.165 e. The maximum absolute atomic E-state index is 12.7. The molecule has 3 fully saturated rings. The highest BCUT2D eigenvalue weighted by atomic mass is 16.3. The molecule has 0 radical (unpaired) electrons. The average Bonchev–Trinajstić information content (AvgIpc) is 2.75. The third-order valence-electron chi connectivity index (χ3n) is 8.47. The van der Waals surface area contributed by atoms with E-state index in [4.69, 9.17) is 0 Å². The van der Waals surface area contributed by atoms with Crippen LogP contribution < -0.4 is 0 Å². The van der Waals surface area contributed by atoms with Crippen LogP contribution in [0.1, 0.15) is 59.3 Å². The van der Waals surface area contributed by atoms with Gasteiger partial charge in [-0.05, 0) is 60.8 Å². The number of hydrogen-bond donors (Lipinski definition) is 2. The van der Waals surface area contributed by atoms with Crippen molar-refractivity contribution in [1.29, 1.82) is 0 Å². The number of carbonyl (C=O) groups excluding carboxylic acids is 2. The summed E-state index contributed by atoms with van der Waals surface area (Å²) in [4.78, 5) is 24.6. The lowest BCUT2D eigenvalue weighted by Crippen LogP contribution is -2.57. The Hall–Kier alpha value is -1.00. The molecule has 138 valence electrons. The minimum Gasteiger partial charge on any atom is -0.392 e. The lowest BCUT2D eigenvalue weighted by Gasteiger charge is -2.59. The maximum Gasteiger partial charge on any atom is 0.165 e. The summed E-state index contributed by atoms with van der Waals surface area (Å²) in [6, 6.07) is 0. The fourth-order valence-electron chi connectivity index (χ4n) is 7.17. The Morgan fingerprint density at radius 2 is 1.92 bits per heavy atom. The first-order valence-corrected chi connectivity index (χ1v) is 9.87. The van der Waals surface area contributed by atoms with Gasteiger partial charge in [-0.3, -0.25) is 9.59 Å². The van der Waals surface area contributed by atoms with E-state index >= 15 is 0 Å². The maximum atomic E-state index is 12.7. The average molecular weight is 346 g/mol. The number of hydrogen-bond acceptors (Lipinski definition) is 4. The van der Waals surface area contributed by atoms with Gasteiger partial charge in [-0.25, -0.2) is 0 Å². The highest BCUT2D eigenvalue weighted by molar-refractivity contribution is 5.92. The lowest BCUT2D eigenvalue weighted by molar-refractivity contribution is -0.137. The largest absolute Gasteiger partial charge is 0.392 e. The van der Waals surface area contributed by atoms with Gasteiger partial charge in [0.15, 0.2) is 11.6 Å². The van der Waals surface area contributed by atoms with Gasteiger partial charge in [0, 0.05) is 18.3 Å². The van der Waals surface area contributed by atoms with Gasteiger partial charge in [0.05, 0.1) is 6.10 Å². The zero-order valence-corrected chi connectivity index (χ0v) is 15.5. The van der Waals surface area contributed by atoms with Crippen LogP contribution in [0.25, 0.3) is 0 Å². The van der Waals surface area contributed by atoms with E-state index in [-0.39, 0.29) is 46.1 Å². The van der Waals surface area contributed by atoms with E-state index in [0.29, 0.717) is 12.8 Å². The second kappa shape index (κ2) is 5.50. The molecule has 4 rings (SSSR count). The number of fused-ring (bicyclic) bond motifs is 5. The van der Waals surface area contributed by atoms with Crippen molar-refractivity contribution in [3.05, 3.63) is 11.6 Å². The Kier molecular flexibility index (Phi) is 3.83. The molecule has 8 atom stereocenters. The standard InChI is InChI=1S/C21H30O4/c1-4-13-18(24)19(25)17-16-14(6-8-21(13,17)3)20(2)7-5-12(22)9-11(20)10-15(16)23/h9,13-17,19,23,25H,4-8,10H2,1-3H3/t13?,14-,15?,16-,17+,19?,20-,21+/m0/s1. The molecule has 0 bridgehead atoms. The minimum atomic E-state index is -0.947. The fourth-order valence-corrected chi connectivity index (χ4v) is 7.17. The second-order valence-corrected chi connectivity index (χ2v) is 9.39. The van der Waals surface area contributed by atoms with E-state index in [1.807, 2.05) is 6.92 Å². The predicted octanol–water partition coefficient (Wildman–Crippen LogP) is 2.67. The van der Waals surface area contributed by atoms with Crippen LogP contribution in [0.2, 0.25) is 0 Å². The van der Waals surface area contributed by atoms with Crippen LogP contribution in [0.3, 0.4) is 0 Å². The van der Waals surface area contributed by atoms with Gasteiger partial charge in [-0.1, -0.05) is 26.3 Å². The van der Waals surface area contributed by atoms with E-state index in [0.717, 1.165) is 31.3 Å². The molecular weight excluding hydrogens is 316 g/mol. The number of aliphatic hydroxyl groups is 2. The lowest BCUT2D eigenvalue weighted by atomic mass is 9.46. The Bertz CT molecular complexity index is 652. The van der Waals surface area contributed by atoms with Crippen LogP contribution in [-0.2, 0) is 9.59 Å². The van der Waals surface area contributed by atoms with Gasteiger partial charge in [-0.15, -0.1) is 0 Å². The summed E-state index contributed by atoms with van der Waals surface area (Å²) >= 11 is 0. The van der Waals surface area contributed by atoms with Crippen LogP contribution in [0.15, 0.2) is 11.6 Å². The van der Waals surface area contributed by atoms with Gasteiger partial charge in [-0.2, -0.15) is 0 Å². The molecule has 0 saturated heterocycles. The molecule has 4 heteroatoms. The monoisotopic (exact) mass is 346 g/mol. The summed E-state index contributed by atoms with van der Waals surface area (Å²) in [5.41, 5.74) is 0.800. The molecule has 2 N–H and O–H groups in total. The predicted molar refractivity (Wildman–Crippen MR) is 93.7 cm³/mol. The van der Waals surface area contributed by atoms with Crippen molar-refractivity contribution in [2.24, 2.45) is 34.5 Å². The summed E-state index contributed by atoms with van der Waals surface area (Å²) in [5, 5.41) is 21.8. The van der Waals surface area contributed by atoms with E-state index in [9.17, 15) is 19.8 Å². The first kappa shape index (κ1) is 17.4.